The standard InChI is InChI=1S/C17H28FN2O9P/c1-5-16(4,25)30(26,27)29-17(18,6-2)7-10-11(21)12(22)14(28-10)20-8-9(3)13(23)19-15(20)24/h8,10-12,14,21-22,25H,5-7H2,1-4H3,(H,26,27)(H,19,23,24)/t10-,11-,12-,14-,16?,17-/m1/s1. The van der Waals surface area contributed by atoms with Crippen LogP contribution in [0.2, 0.25) is 0 Å². The molecule has 5 N–H and O–H groups in total. The molecule has 7 atom stereocenters. The minimum Gasteiger partial charge on any atom is -0.388 e. The summed E-state index contributed by atoms with van der Waals surface area (Å²) in [7, 11) is -4.83. The van der Waals surface area contributed by atoms with Crippen molar-refractivity contribution in [1.29, 1.82) is 0 Å². The van der Waals surface area contributed by atoms with Crippen LogP contribution in [0.4, 0.5) is 4.39 Å². The summed E-state index contributed by atoms with van der Waals surface area (Å²) in [6, 6.07) is 0. The molecule has 13 heteroatoms. The number of nitrogens with zero attached hydrogens (tertiary/aromatic N) is 1. The Labute approximate surface area is 171 Å². The first kappa shape index (κ1) is 24.9. The second kappa shape index (κ2) is 8.62. The van der Waals surface area contributed by atoms with Crippen molar-refractivity contribution < 1.29 is 38.4 Å². The molecule has 2 unspecified atom stereocenters. The maximum atomic E-state index is 15.3. The summed E-state index contributed by atoms with van der Waals surface area (Å²) in [5, 5.41) is 28.4. The number of ether oxygens (including phenoxy) is 1. The van der Waals surface area contributed by atoms with Gasteiger partial charge in [-0.25, -0.2) is 9.18 Å². The van der Waals surface area contributed by atoms with Crippen LogP contribution in [0.15, 0.2) is 15.8 Å². The van der Waals surface area contributed by atoms with Crippen LogP contribution in [0.25, 0.3) is 0 Å². The molecule has 2 heterocycles. The van der Waals surface area contributed by atoms with Crippen molar-refractivity contribution >= 4 is 7.60 Å². The molecule has 0 aromatic carbocycles. The molecule has 172 valence electrons. The first-order valence-electron chi connectivity index (χ1n) is 9.46. The number of alkyl halides is 1. The first-order chi connectivity index (χ1) is 13.7. The molecule has 0 saturated carbocycles. The van der Waals surface area contributed by atoms with Crippen molar-refractivity contribution in [1.82, 2.24) is 9.55 Å². The summed E-state index contributed by atoms with van der Waals surface area (Å²) < 4.78 is 38.8. The largest absolute Gasteiger partial charge is 0.388 e. The van der Waals surface area contributed by atoms with Gasteiger partial charge in [-0.2, -0.15) is 0 Å². The predicted octanol–water partition coefficient (Wildman–Crippen LogP) is 0.251. The number of aliphatic hydroxyl groups is 3. The Kier molecular flexibility index (Phi) is 7.14. The summed E-state index contributed by atoms with van der Waals surface area (Å²) in [6.45, 7) is 5.20. The van der Waals surface area contributed by atoms with E-state index in [9.17, 15) is 34.4 Å². The van der Waals surface area contributed by atoms with Crippen molar-refractivity contribution in [2.45, 2.75) is 82.7 Å². The zero-order chi connectivity index (χ0) is 23.1. The number of aryl methyl sites for hydroxylation is 1. The van der Waals surface area contributed by atoms with Gasteiger partial charge in [-0.15, -0.1) is 0 Å². The van der Waals surface area contributed by atoms with E-state index in [1.54, 1.807) is 0 Å². The molecule has 0 radical (unpaired) electrons. The van der Waals surface area contributed by atoms with Gasteiger partial charge in [0.1, 0.15) is 12.2 Å². The van der Waals surface area contributed by atoms with Crippen LogP contribution in [0.5, 0.6) is 0 Å². The van der Waals surface area contributed by atoms with E-state index in [1.165, 1.54) is 20.8 Å². The van der Waals surface area contributed by atoms with Gasteiger partial charge in [0.05, 0.1) is 6.10 Å². The number of aliphatic hydroxyl groups excluding tert-OH is 2. The number of H-pyrrole nitrogens is 1. The van der Waals surface area contributed by atoms with E-state index in [0.717, 1.165) is 17.7 Å². The number of nitrogens with one attached hydrogen (secondary N) is 1. The molecule has 0 spiro atoms. The van der Waals surface area contributed by atoms with Gasteiger partial charge in [-0.3, -0.25) is 23.4 Å². The lowest BCUT2D eigenvalue weighted by atomic mass is 10.0. The number of aromatic amines is 1. The molecule has 1 aliphatic rings. The third kappa shape index (κ3) is 4.75. The molecule has 1 aromatic heterocycles. The number of hydrogen-bond acceptors (Lipinski definition) is 8. The minimum atomic E-state index is -4.83. The fourth-order valence-electron chi connectivity index (χ4n) is 2.97. The summed E-state index contributed by atoms with van der Waals surface area (Å²) in [5.41, 5.74) is -1.40. The van der Waals surface area contributed by atoms with E-state index < -0.39 is 67.4 Å². The number of aromatic nitrogens is 2. The van der Waals surface area contributed by atoms with Gasteiger partial charge in [0, 0.05) is 24.6 Å². The molecule has 0 bridgehead atoms. The molecule has 1 saturated heterocycles. The summed E-state index contributed by atoms with van der Waals surface area (Å²) >= 11 is 0. The molecule has 0 amide bonds. The second-order valence-corrected chi connectivity index (χ2v) is 9.83. The van der Waals surface area contributed by atoms with Crippen molar-refractivity contribution in [3.63, 3.8) is 0 Å². The molecule has 11 nitrogen and oxygen atoms in total. The molecule has 0 aliphatic carbocycles. The highest BCUT2D eigenvalue weighted by molar-refractivity contribution is 7.54. The lowest BCUT2D eigenvalue weighted by molar-refractivity contribution is -0.133. The Morgan fingerprint density at radius 2 is 1.90 bits per heavy atom. The van der Waals surface area contributed by atoms with Gasteiger partial charge in [0.2, 0.25) is 5.85 Å². The van der Waals surface area contributed by atoms with Crippen LogP contribution < -0.4 is 11.2 Å². The van der Waals surface area contributed by atoms with Crippen LogP contribution in [0, 0.1) is 6.92 Å². The maximum absolute atomic E-state index is 15.3. The summed E-state index contributed by atoms with van der Waals surface area (Å²) in [4.78, 5) is 35.6. The predicted molar refractivity (Wildman–Crippen MR) is 103 cm³/mol. The minimum absolute atomic E-state index is 0.142. The van der Waals surface area contributed by atoms with E-state index in [0.29, 0.717) is 0 Å². The topological polar surface area (TPSA) is 171 Å². The monoisotopic (exact) mass is 454 g/mol. The smallest absolute Gasteiger partial charge is 0.361 e. The quantitative estimate of drug-likeness (QED) is 0.345. The normalized spacial score (nSPS) is 30.4. The number of rotatable bonds is 8. The zero-order valence-electron chi connectivity index (χ0n) is 17.1. The van der Waals surface area contributed by atoms with Gasteiger partial charge < -0.3 is 24.9 Å². The number of hydrogen-bond donors (Lipinski definition) is 5. The van der Waals surface area contributed by atoms with Crippen LogP contribution in [0.1, 0.15) is 51.8 Å². The highest BCUT2D eigenvalue weighted by atomic mass is 31.2. The molecular weight excluding hydrogens is 426 g/mol. The highest BCUT2D eigenvalue weighted by Crippen LogP contribution is 2.59. The summed E-state index contributed by atoms with van der Waals surface area (Å²) in [5.74, 6) is -2.78. The summed E-state index contributed by atoms with van der Waals surface area (Å²) in [6.07, 6.45) is -6.42. The maximum Gasteiger partial charge on any atom is 0.361 e. The van der Waals surface area contributed by atoms with Gasteiger partial charge >= 0.3 is 13.3 Å². The first-order valence-corrected chi connectivity index (χ1v) is 11.0. The number of halogens is 1. The van der Waals surface area contributed by atoms with Crippen molar-refractivity contribution in [3.8, 4) is 0 Å². The van der Waals surface area contributed by atoms with Crippen LogP contribution in [-0.2, 0) is 13.8 Å². The molecule has 30 heavy (non-hydrogen) atoms. The van der Waals surface area contributed by atoms with Crippen molar-refractivity contribution in [2.24, 2.45) is 0 Å². The lowest BCUT2D eigenvalue weighted by Crippen LogP contribution is -2.40. The second-order valence-electron chi connectivity index (χ2n) is 7.65. The van der Waals surface area contributed by atoms with E-state index in [-0.39, 0.29) is 12.0 Å². The fraction of sp³-hybridized carbons (Fsp3) is 0.765. The Balaban J connectivity index is 2.28. The lowest BCUT2D eigenvalue weighted by Gasteiger charge is -2.34. The van der Waals surface area contributed by atoms with Crippen molar-refractivity contribution in [3.05, 3.63) is 32.6 Å². The SMILES string of the molecule is CCC(C)(O)P(=O)(O)O[C@](F)(CC)C[C@H]1O[C@@H](n2cc(C)c(=O)[nH]c2=O)[C@H](O)[C@@H]1O. The van der Waals surface area contributed by atoms with Crippen LogP contribution in [0.3, 0.4) is 0 Å². The van der Waals surface area contributed by atoms with Gasteiger partial charge in [0.25, 0.3) is 5.56 Å². The van der Waals surface area contributed by atoms with Gasteiger partial charge in [-0.05, 0) is 20.3 Å². The molecule has 1 fully saturated rings. The van der Waals surface area contributed by atoms with Crippen LogP contribution in [-0.4, -0.2) is 59.3 Å². The highest BCUT2D eigenvalue weighted by Gasteiger charge is 2.52. The Hall–Kier alpha value is -1.40. The Morgan fingerprint density at radius 3 is 2.43 bits per heavy atom. The fourth-order valence-corrected chi connectivity index (χ4v) is 4.21. The van der Waals surface area contributed by atoms with Crippen LogP contribution >= 0.6 is 7.60 Å². The Morgan fingerprint density at radius 1 is 1.30 bits per heavy atom. The van der Waals surface area contributed by atoms with Gasteiger partial charge in [-0.1, -0.05) is 13.8 Å². The van der Waals surface area contributed by atoms with Crippen molar-refractivity contribution in [2.75, 3.05) is 0 Å². The third-order valence-electron chi connectivity index (χ3n) is 5.36. The molecule has 2 rings (SSSR count). The van der Waals surface area contributed by atoms with E-state index in [2.05, 4.69) is 0 Å². The molecule has 1 aliphatic heterocycles. The van der Waals surface area contributed by atoms with E-state index in [4.69, 9.17) is 9.26 Å². The van der Waals surface area contributed by atoms with Gasteiger partial charge in [0.15, 0.2) is 11.6 Å². The Bertz CT molecular complexity index is 933. The zero-order valence-corrected chi connectivity index (χ0v) is 18.0. The van der Waals surface area contributed by atoms with E-state index in [1.807, 2.05) is 4.98 Å². The average molecular weight is 454 g/mol. The third-order valence-corrected chi connectivity index (χ3v) is 7.47. The average Bonchev–Trinajstić information content (AvgIpc) is 2.92. The molecule has 1 aromatic rings. The van der Waals surface area contributed by atoms with E-state index >= 15 is 4.39 Å². The molecular formula is C17H28FN2O9P.